The number of hydrogen-bond donors (Lipinski definition) is 0. The van der Waals surface area contributed by atoms with Gasteiger partial charge in [0.05, 0.1) is 0 Å². The predicted molar refractivity (Wildman–Crippen MR) is 144 cm³/mol. The summed E-state index contributed by atoms with van der Waals surface area (Å²) in [4.78, 5) is 2.46. The van der Waals surface area contributed by atoms with E-state index in [2.05, 4.69) is 86.4 Å². The van der Waals surface area contributed by atoms with Crippen LogP contribution in [0.2, 0.25) is 0 Å². The summed E-state index contributed by atoms with van der Waals surface area (Å²) >= 11 is 0. The standard InChI is InChI=1S/C22H29N.C7H8.C2H6/c1-11-13(3)17(7)21-19(15(11)5)10-20-16(6)12(2)14(4)18(8)22(20)23(21)9;1-7-5-3-2-4-6-7;1-2/h10H2,1-9H3;2-6H,1H3;1-2H3. The Labute approximate surface area is 197 Å². The molecule has 4 rings (SSSR count). The zero-order chi connectivity index (χ0) is 24.3. The predicted octanol–water partition coefficient (Wildman–Crippen LogP) is 8.85. The van der Waals surface area contributed by atoms with Gasteiger partial charge in [0.2, 0.25) is 0 Å². The lowest BCUT2D eigenvalue weighted by atomic mass is 9.81. The summed E-state index contributed by atoms with van der Waals surface area (Å²) in [6.45, 7) is 24.3. The molecule has 3 aromatic carbocycles. The highest BCUT2D eigenvalue weighted by Gasteiger charge is 2.29. The fourth-order valence-electron chi connectivity index (χ4n) is 4.90. The third-order valence-electron chi connectivity index (χ3n) is 7.53. The Morgan fingerprint density at radius 3 is 1.16 bits per heavy atom. The van der Waals surface area contributed by atoms with Crippen LogP contribution in [0.4, 0.5) is 11.4 Å². The van der Waals surface area contributed by atoms with Gasteiger partial charge < -0.3 is 4.90 Å². The number of aryl methyl sites for hydroxylation is 1. The molecule has 0 atom stereocenters. The van der Waals surface area contributed by atoms with Gasteiger partial charge in [-0.25, -0.2) is 0 Å². The topological polar surface area (TPSA) is 3.24 Å². The lowest BCUT2D eigenvalue weighted by Gasteiger charge is -2.37. The van der Waals surface area contributed by atoms with E-state index in [9.17, 15) is 0 Å². The molecule has 0 aliphatic carbocycles. The maximum atomic E-state index is 2.46. The summed E-state index contributed by atoms with van der Waals surface area (Å²) in [7, 11) is 2.25. The molecule has 0 amide bonds. The Morgan fingerprint density at radius 2 is 0.844 bits per heavy atom. The van der Waals surface area contributed by atoms with Gasteiger partial charge in [0, 0.05) is 24.8 Å². The third-order valence-corrected chi connectivity index (χ3v) is 7.53. The smallest absolute Gasteiger partial charge is 0.0479 e. The zero-order valence-electron chi connectivity index (χ0n) is 22.5. The van der Waals surface area contributed by atoms with Crippen LogP contribution in [0.3, 0.4) is 0 Å². The minimum Gasteiger partial charge on any atom is -0.344 e. The molecule has 1 heterocycles. The lowest BCUT2D eigenvalue weighted by molar-refractivity contribution is 0.975. The van der Waals surface area contributed by atoms with E-state index in [1.165, 1.54) is 72.6 Å². The molecule has 0 fully saturated rings. The van der Waals surface area contributed by atoms with E-state index in [1.54, 1.807) is 0 Å². The van der Waals surface area contributed by atoms with Gasteiger partial charge in [-0.15, -0.1) is 0 Å². The summed E-state index contributed by atoms with van der Waals surface area (Å²) in [5.74, 6) is 0. The summed E-state index contributed by atoms with van der Waals surface area (Å²) < 4.78 is 0. The van der Waals surface area contributed by atoms with Gasteiger partial charge in [0.1, 0.15) is 0 Å². The normalized spacial score (nSPS) is 11.6. The minimum atomic E-state index is 1.07. The second kappa shape index (κ2) is 10.4. The SMILES string of the molecule is CC.Cc1c(C)c(C)c2c(c1C)Cc1c(C)c(C)c(C)c(C)c1N2C.Cc1ccccc1. The molecule has 0 aromatic heterocycles. The van der Waals surface area contributed by atoms with Crippen LogP contribution in [0.1, 0.15) is 75.0 Å². The summed E-state index contributed by atoms with van der Waals surface area (Å²) in [6.07, 6.45) is 1.07. The van der Waals surface area contributed by atoms with Crippen molar-refractivity contribution in [3.8, 4) is 0 Å². The molecule has 0 unspecified atom stereocenters. The number of benzene rings is 3. The molecule has 1 heteroatoms. The third kappa shape index (κ3) is 4.49. The number of fused-ring (bicyclic) bond motifs is 2. The van der Waals surface area contributed by atoms with Crippen molar-refractivity contribution in [1.29, 1.82) is 0 Å². The summed E-state index contributed by atoms with van der Waals surface area (Å²) in [5, 5.41) is 0. The van der Waals surface area contributed by atoms with Gasteiger partial charge in [0.25, 0.3) is 0 Å². The Hall–Kier alpha value is -2.54. The van der Waals surface area contributed by atoms with E-state index in [0.29, 0.717) is 0 Å². The van der Waals surface area contributed by atoms with Crippen LogP contribution in [0, 0.1) is 62.3 Å². The fraction of sp³-hybridized carbons (Fsp3) is 0.419. The Balaban J connectivity index is 0.000000340. The number of hydrogen-bond acceptors (Lipinski definition) is 1. The first-order valence-electron chi connectivity index (χ1n) is 12.0. The molecular formula is C31H43N. The molecule has 172 valence electrons. The molecule has 1 nitrogen and oxygen atoms in total. The number of anilines is 2. The summed E-state index contributed by atoms with van der Waals surface area (Å²) in [6, 6.07) is 10.3. The highest BCUT2D eigenvalue weighted by molar-refractivity contribution is 5.82. The maximum absolute atomic E-state index is 2.46. The highest BCUT2D eigenvalue weighted by Crippen LogP contribution is 2.47. The van der Waals surface area contributed by atoms with E-state index < -0.39 is 0 Å². The van der Waals surface area contributed by atoms with E-state index in [4.69, 9.17) is 0 Å². The quantitative estimate of drug-likeness (QED) is 0.345. The van der Waals surface area contributed by atoms with Crippen molar-refractivity contribution in [3.05, 3.63) is 91.5 Å². The maximum Gasteiger partial charge on any atom is 0.0479 e. The molecular weight excluding hydrogens is 386 g/mol. The van der Waals surface area contributed by atoms with E-state index in [-0.39, 0.29) is 0 Å². The van der Waals surface area contributed by atoms with Gasteiger partial charge in [-0.1, -0.05) is 49.7 Å². The molecule has 0 bridgehead atoms. The van der Waals surface area contributed by atoms with Crippen LogP contribution in [-0.2, 0) is 6.42 Å². The molecule has 0 spiro atoms. The van der Waals surface area contributed by atoms with Crippen LogP contribution in [-0.4, -0.2) is 7.05 Å². The largest absolute Gasteiger partial charge is 0.344 e. The van der Waals surface area contributed by atoms with E-state index in [1.807, 2.05) is 32.0 Å². The number of nitrogens with zero attached hydrogens (tertiary/aromatic N) is 1. The van der Waals surface area contributed by atoms with Crippen LogP contribution in [0.25, 0.3) is 0 Å². The van der Waals surface area contributed by atoms with Crippen LogP contribution in [0.5, 0.6) is 0 Å². The highest BCUT2D eigenvalue weighted by atomic mass is 15.1. The van der Waals surface area contributed by atoms with Crippen molar-refractivity contribution in [3.63, 3.8) is 0 Å². The fourth-order valence-corrected chi connectivity index (χ4v) is 4.90. The second-order valence-corrected chi connectivity index (χ2v) is 9.04. The zero-order valence-corrected chi connectivity index (χ0v) is 22.5. The van der Waals surface area contributed by atoms with Gasteiger partial charge in [-0.2, -0.15) is 0 Å². The molecule has 1 aliphatic heterocycles. The van der Waals surface area contributed by atoms with Crippen molar-refractivity contribution in [1.82, 2.24) is 0 Å². The molecule has 0 N–H and O–H groups in total. The monoisotopic (exact) mass is 429 g/mol. The van der Waals surface area contributed by atoms with E-state index in [0.717, 1.165) is 6.42 Å². The Kier molecular flexibility index (Phi) is 8.35. The van der Waals surface area contributed by atoms with Crippen LogP contribution in [0.15, 0.2) is 30.3 Å². The van der Waals surface area contributed by atoms with Crippen molar-refractivity contribution < 1.29 is 0 Å². The van der Waals surface area contributed by atoms with Gasteiger partial charge in [-0.3, -0.25) is 0 Å². The molecule has 1 aliphatic rings. The van der Waals surface area contributed by atoms with Gasteiger partial charge in [-0.05, 0) is 118 Å². The first-order chi connectivity index (χ1) is 15.1. The average molecular weight is 430 g/mol. The van der Waals surface area contributed by atoms with Crippen molar-refractivity contribution >= 4 is 11.4 Å². The minimum absolute atomic E-state index is 1.07. The van der Waals surface area contributed by atoms with Crippen LogP contribution >= 0.6 is 0 Å². The number of rotatable bonds is 0. The Morgan fingerprint density at radius 1 is 0.500 bits per heavy atom. The molecule has 32 heavy (non-hydrogen) atoms. The first kappa shape index (κ1) is 25.7. The molecule has 0 saturated heterocycles. The van der Waals surface area contributed by atoms with Gasteiger partial charge >= 0.3 is 0 Å². The molecule has 3 aromatic rings. The summed E-state index contributed by atoms with van der Waals surface area (Å²) in [5.41, 5.74) is 18.8. The first-order valence-corrected chi connectivity index (χ1v) is 12.0. The molecule has 0 radical (unpaired) electrons. The van der Waals surface area contributed by atoms with E-state index >= 15 is 0 Å². The van der Waals surface area contributed by atoms with Crippen LogP contribution < -0.4 is 4.90 Å². The van der Waals surface area contributed by atoms with Crippen molar-refractivity contribution in [2.75, 3.05) is 11.9 Å². The van der Waals surface area contributed by atoms with Crippen molar-refractivity contribution in [2.24, 2.45) is 0 Å². The van der Waals surface area contributed by atoms with Crippen molar-refractivity contribution in [2.45, 2.75) is 82.6 Å². The second-order valence-electron chi connectivity index (χ2n) is 9.04. The Bertz CT molecular complexity index is 1030. The average Bonchev–Trinajstić information content (AvgIpc) is 2.80. The van der Waals surface area contributed by atoms with Gasteiger partial charge in [0.15, 0.2) is 0 Å². The molecule has 0 saturated carbocycles. The lowest BCUT2D eigenvalue weighted by Crippen LogP contribution is -2.24.